The SMILES string of the molecule is BrCCc1cn(CCn2cccn2)nn1. The van der Waals surface area contributed by atoms with Crippen LogP contribution in [0.25, 0.3) is 0 Å². The Hall–Kier alpha value is -1.17. The summed E-state index contributed by atoms with van der Waals surface area (Å²) in [5.41, 5.74) is 1.02. The zero-order valence-corrected chi connectivity index (χ0v) is 9.84. The summed E-state index contributed by atoms with van der Waals surface area (Å²) in [5, 5.41) is 13.1. The first-order chi connectivity index (χ1) is 7.38. The highest BCUT2D eigenvalue weighted by molar-refractivity contribution is 9.09. The van der Waals surface area contributed by atoms with Crippen molar-refractivity contribution in [1.82, 2.24) is 24.8 Å². The molecule has 6 heteroatoms. The van der Waals surface area contributed by atoms with Crippen LogP contribution in [0.4, 0.5) is 0 Å². The van der Waals surface area contributed by atoms with E-state index in [9.17, 15) is 0 Å². The number of halogens is 1. The van der Waals surface area contributed by atoms with Crippen LogP contribution in [-0.4, -0.2) is 30.1 Å². The standard InChI is InChI=1S/C9H12BrN5/c10-3-2-9-8-15(13-12-9)7-6-14-5-1-4-11-14/h1,4-5,8H,2-3,6-7H2. The lowest BCUT2D eigenvalue weighted by Gasteiger charge is -2.00. The molecule has 2 aromatic heterocycles. The Morgan fingerprint density at radius 1 is 1.27 bits per heavy atom. The number of alkyl halides is 1. The molecule has 0 unspecified atom stereocenters. The van der Waals surface area contributed by atoms with Crippen LogP contribution in [0.5, 0.6) is 0 Å². The van der Waals surface area contributed by atoms with Crippen molar-refractivity contribution in [3.8, 4) is 0 Å². The molecule has 2 aromatic rings. The summed E-state index contributed by atoms with van der Waals surface area (Å²) in [4.78, 5) is 0. The van der Waals surface area contributed by atoms with Crippen LogP contribution >= 0.6 is 15.9 Å². The van der Waals surface area contributed by atoms with E-state index >= 15 is 0 Å². The zero-order valence-electron chi connectivity index (χ0n) is 8.25. The normalized spacial score (nSPS) is 10.7. The lowest BCUT2D eigenvalue weighted by atomic mass is 10.4. The summed E-state index contributed by atoms with van der Waals surface area (Å²) in [5.74, 6) is 0. The predicted octanol–water partition coefficient (Wildman–Crippen LogP) is 1.11. The van der Waals surface area contributed by atoms with E-state index in [0.717, 1.165) is 30.5 Å². The second kappa shape index (κ2) is 5.06. The van der Waals surface area contributed by atoms with Crippen LogP contribution in [0, 0.1) is 0 Å². The maximum Gasteiger partial charge on any atom is 0.0835 e. The van der Waals surface area contributed by atoms with Gasteiger partial charge in [-0.25, -0.2) is 0 Å². The number of aromatic nitrogens is 5. The van der Waals surface area contributed by atoms with Gasteiger partial charge in [0.05, 0.1) is 18.8 Å². The van der Waals surface area contributed by atoms with Crippen LogP contribution in [0.1, 0.15) is 5.69 Å². The topological polar surface area (TPSA) is 48.5 Å². The van der Waals surface area contributed by atoms with E-state index in [-0.39, 0.29) is 0 Å². The smallest absolute Gasteiger partial charge is 0.0835 e. The second-order valence-corrected chi connectivity index (χ2v) is 3.97. The Morgan fingerprint density at radius 2 is 2.13 bits per heavy atom. The van der Waals surface area contributed by atoms with E-state index in [1.807, 2.05) is 27.8 Å². The van der Waals surface area contributed by atoms with Crippen LogP contribution < -0.4 is 0 Å². The third-order valence-electron chi connectivity index (χ3n) is 2.05. The van der Waals surface area contributed by atoms with Gasteiger partial charge in [-0.1, -0.05) is 21.1 Å². The van der Waals surface area contributed by atoms with Gasteiger partial charge in [-0.05, 0) is 6.07 Å². The molecule has 80 valence electrons. The molecule has 0 saturated heterocycles. The van der Waals surface area contributed by atoms with Gasteiger partial charge in [0.25, 0.3) is 0 Å². The molecule has 0 aromatic carbocycles. The first kappa shape index (κ1) is 10.4. The molecule has 0 fully saturated rings. The highest BCUT2D eigenvalue weighted by atomic mass is 79.9. The van der Waals surface area contributed by atoms with E-state index in [4.69, 9.17) is 0 Å². The van der Waals surface area contributed by atoms with E-state index in [1.165, 1.54) is 0 Å². The molecular weight excluding hydrogens is 258 g/mol. The number of nitrogens with zero attached hydrogens (tertiary/aromatic N) is 5. The average Bonchev–Trinajstić information content (AvgIpc) is 2.85. The molecular formula is C9H12BrN5. The van der Waals surface area contributed by atoms with Crippen LogP contribution in [0.3, 0.4) is 0 Å². The van der Waals surface area contributed by atoms with Crippen LogP contribution in [0.15, 0.2) is 24.7 Å². The summed E-state index contributed by atoms with van der Waals surface area (Å²) in [6, 6.07) is 1.91. The molecule has 0 aliphatic carbocycles. The quantitative estimate of drug-likeness (QED) is 0.765. The predicted molar refractivity (Wildman–Crippen MR) is 59.7 cm³/mol. The molecule has 0 bridgehead atoms. The lowest BCUT2D eigenvalue weighted by Crippen LogP contribution is -2.08. The van der Waals surface area contributed by atoms with Crippen LogP contribution in [0.2, 0.25) is 0 Å². The highest BCUT2D eigenvalue weighted by Crippen LogP contribution is 1.97. The van der Waals surface area contributed by atoms with Gasteiger partial charge in [0, 0.05) is 30.3 Å². The van der Waals surface area contributed by atoms with Crippen molar-refractivity contribution in [2.75, 3.05) is 5.33 Å². The van der Waals surface area contributed by atoms with Crippen molar-refractivity contribution in [3.05, 3.63) is 30.4 Å². The largest absolute Gasteiger partial charge is 0.271 e. The summed E-state index contributed by atoms with van der Waals surface area (Å²) in [7, 11) is 0. The second-order valence-electron chi connectivity index (χ2n) is 3.18. The lowest BCUT2D eigenvalue weighted by molar-refractivity contribution is 0.490. The van der Waals surface area contributed by atoms with Gasteiger partial charge in [-0.2, -0.15) is 5.10 Å². The maximum atomic E-state index is 4.12. The van der Waals surface area contributed by atoms with E-state index < -0.39 is 0 Å². The van der Waals surface area contributed by atoms with Crippen molar-refractivity contribution in [3.63, 3.8) is 0 Å². The van der Waals surface area contributed by atoms with Gasteiger partial charge < -0.3 is 0 Å². The Labute approximate surface area is 96.2 Å². The maximum absolute atomic E-state index is 4.12. The summed E-state index contributed by atoms with van der Waals surface area (Å²) >= 11 is 3.37. The van der Waals surface area contributed by atoms with Crippen LogP contribution in [-0.2, 0) is 19.5 Å². The van der Waals surface area contributed by atoms with E-state index in [0.29, 0.717) is 0 Å². The van der Waals surface area contributed by atoms with Crippen molar-refractivity contribution in [1.29, 1.82) is 0 Å². The molecule has 0 radical (unpaired) electrons. The van der Waals surface area contributed by atoms with Gasteiger partial charge in [0.2, 0.25) is 0 Å². The third kappa shape index (κ3) is 2.89. The minimum Gasteiger partial charge on any atom is -0.271 e. The molecule has 0 spiro atoms. The number of aryl methyl sites for hydroxylation is 3. The molecule has 2 heterocycles. The number of rotatable bonds is 5. The third-order valence-corrected chi connectivity index (χ3v) is 2.45. The fraction of sp³-hybridized carbons (Fsp3) is 0.444. The summed E-state index contributed by atoms with van der Waals surface area (Å²) in [6.45, 7) is 1.63. The van der Waals surface area contributed by atoms with Crippen molar-refractivity contribution in [2.24, 2.45) is 0 Å². The van der Waals surface area contributed by atoms with Crippen molar-refractivity contribution >= 4 is 15.9 Å². The minimum absolute atomic E-state index is 0.803. The van der Waals surface area contributed by atoms with E-state index in [2.05, 4.69) is 31.3 Å². The fourth-order valence-electron chi connectivity index (χ4n) is 1.30. The Morgan fingerprint density at radius 3 is 2.87 bits per heavy atom. The summed E-state index contributed by atoms with van der Waals surface area (Å²) < 4.78 is 3.73. The van der Waals surface area contributed by atoms with Gasteiger partial charge in [-0.15, -0.1) is 5.10 Å². The highest BCUT2D eigenvalue weighted by Gasteiger charge is 1.99. The molecule has 0 amide bonds. The first-order valence-corrected chi connectivity index (χ1v) is 5.93. The Balaban J connectivity index is 1.88. The summed E-state index contributed by atoms with van der Waals surface area (Å²) in [6.07, 6.45) is 6.61. The average molecular weight is 270 g/mol. The zero-order chi connectivity index (χ0) is 10.5. The fourth-order valence-corrected chi connectivity index (χ4v) is 1.70. The molecule has 2 rings (SSSR count). The molecule has 0 aliphatic heterocycles. The number of hydrogen-bond acceptors (Lipinski definition) is 3. The molecule has 15 heavy (non-hydrogen) atoms. The van der Waals surface area contributed by atoms with E-state index in [1.54, 1.807) is 6.20 Å². The van der Waals surface area contributed by atoms with Crippen molar-refractivity contribution < 1.29 is 0 Å². The first-order valence-electron chi connectivity index (χ1n) is 4.81. The van der Waals surface area contributed by atoms with Gasteiger partial charge in [0.1, 0.15) is 0 Å². The molecule has 0 aliphatic rings. The molecule has 0 N–H and O–H groups in total. The Bertz CT molecular complexity index is 394. The number of hydrogen-bond donors (Lipinski definition) is 0. The molecule has 0 atom stereocenters. The van der Waals surface area contributed by atoms with Gasteiger partial charge in [0.15, 0.2) is 0 Å². The molecule has 0 saturated carbocycles. The monoisotopic (exact) mass is 269 g/mol. The molecule has 5 nitrogen and oxygen atoms in total. The van der Waals surface area contributed by atoms with Gasteiger partial charge in [-0.3, -0.25) is 9.36 Å². The minimum atomic E-state index is 0.803. The Kier molecular flexibility index (Phi) is 3.49. The van der Waals surface area contributed by atoms with Crippen molar-refractivity contribution in [2.45, 2.75) is 19.5 Å². The van der Waals surface area contributed by atoms with Gasteiger partial charge >= 0.3 is 0 Å².